The molecule has 3 aromatic rings. The summed E-state index contributed by atoms with van der Waals surface area (Å²) in [6, 6.07) is 8.20. The monoisotopic (exact) mass is 426 g/mol. The minimum absolute atomic E-state index is 0.0598. The van der Waals surface area contributed by atoms with Gasteiger partial charge in [0.2, 0.25) is 5.91 Å². The Labute approximate surface area is 180 Å². The van der Waals surface area contributed by atoms with E-state index < -0.39 is 0 Å². The molecule has 0 spiro atoms. The van der Waals surface area contributed by atoms with E-state index in [-0.39, 0.29) is 11.7 Å². The van der Waals surface area contributed by atoms with Gasteiger partial charge in [-0.25, -0.2) is 0 Å². The van der Waals surface area contributed by atoms with Gasteiger partial charge in [0, 0.05) is 28.1 Å². The minimum atomic E-state index is -0.0598. The molecule has 1 aromatic carbocycles. The Morgan fingerprint density at radius 1 is 1.24 bits per heavy atom. The molecule has 0 fully saturated rings. The molecular formula is C22H26N4OS2. The predicted molar refractivity (Wildman–Crippen MR) is 123 cm³/mol. The predicted octanol–water partition coefficient (Wildman–Crippen LogP) is 5.49. The SMILES string of the molecule is C=CCn1c(SCC(=O)Nc2cc(C)cc(C)c2)nnc1-c1csc(CCC)c1. The van der Waals surface area contributed by atoms with E-state index in [1.165, 1.54) is 16.6 Å². The van der Waals surface area contributed by atoms with Gasteiger partial charge in [-0.15, -0.1) is 28.1 Å². The van der Waals surface area contributed by atoms with E-state index in [1.54, 1.807) is 11.3 Å². The van der Waals surface area contributed by atoms with E-state index in [1.807, 2.05) is 36.6 Å². The van der Waals surface area contributed by atoms with Crippen molar-refractivity contribution in [3.8, 4) is 11.4 Å². The van der Waals surface area contributed by atoms with Gasteiger partial charge in [0.1, 0.15) is 0 Å². The summed E-state index contributed by atoms with van der Waals surface area (Å²) >= 11 is 3.14. The third-order valence-corrected chi connectivity index (χ3v) is 6.24. The first-order valence-corrected chi connectivity index (χ1v) is 11.5. The summed E-state index contributed by atoms with van der Waals surface area (Å²) in [6.07, 6.45) is 4.02. The highest BCUT2D eigenvalue weighted by Gasteiger charge is 2.16. The van der Waals surface area contributed by atoms with Crippen LogP contribution in [-0.4, -0.2) is 26.4 Å². The number of aromatic nitrogens is 3. The Morgan fingerprint density at radius 2 is 2.00 bits per heavy atom. The number of benzene rings is 1. The van der Waals surface area contributed by atoms with Crippen molar-refractivity contribution in [2.24, 2.45) is 0 Å². The van der Waals surface area contributed by atoms with Gasteiger partial charge in [-0.3, -0.25) is 9.36 Å². The zero-order valence-corrected chi connectivity index (χ0v) is 18.7. The molecule has 0 saturated carbocycles. The lowest BCUT2D eigenvalue weighted by molar-refractivity contribution is -0.113. The third-order valence-electron chi connectivity index (χ3n) is 4.27. The fraction of sp³-hybridized carbons (Fsp3) is 0.318. The standard InChI is InChI=1S/C22H26N4OS2/c1-5-7-19-12-17(13-28-19)21-24-25-22(26(21)8-6-2)29-14-20(27)23-18-10-15(3)9-16(4)11-18/h6,9-13H,2,5,7-8,14H2,1,3-4H3,(H,23,27). The summed E-state index contributed by atoms with van der Waals surface area (Å²) in [7, 11) is 0. The van der Waals surface area contributed by atoms with Gasteiger partial charge in [-0.2, -0.15) is 0 Å². The van der Waals surface area contributed by atoms with Crippen molar-refractivity contribution in [1.29, 1.82) is 0 Å². The van der Waals surface area contributed by atoms with Gasteiger partial charge in [0.15, 0.2) is 11.0 Å². The van der Waals surface area contributed by atoms with E-state index in [0.29, 0.717) is 6.54 Å². The molecule has 0 atom stereocenters. The zero-order chi connectivity index (χ0) is 20.8. The van der Waals surface area contributed by atoms with Gasteiger partial charge in [-0.1, -0.05) is 37.2 Å². The number of carbonyl (C=O) groups is 1. The molecule has 7 heteroatoms. The maximum absolute atomic E-state index is 12.4. The van der Waals surface area contributed by atoms with E-state index in [0.717, 1.165) is 46.2 Å². The van der Waals surface area contributed by atoms with Crippen LogP contribution in [0.25, 0.3) is 11.4 Å². The van der Waals surface area contributed by atoms with Crippen LogP contribution in [-0.2, 0) is 17.8 Å². The minimum Gasteiger partial charge on any atom is -0.325 e. The number of carbonyl (C=O) groups excluding carboxylic acids is 1. The highest BCUT2D eigenvalue weighted by atomic mass is 32.2. The average molecular weight is 427 g/mol. The summed E-state index contributed by atoms with van der Waals surface area (Å²) in [6.45, 7) is 10.7. The molecule has 0 bridgehead atoms. The molecule has 29 heavy (non-hydrogen) atoms. The number of nitrogens with zero attached hydrogens (tertiary/aromatic N) is 3. The number of hydrogen-bond donors (Lipinski definition) is 1. The molecule has 1 N–H and O–H groups in total. The second-order valence-corrected chi connectivity index (χ2v) is 8.91. The molecular weight excluding hydrogens is 400 g/mol. The zero-order valence-electron chi connectivity index (χ0n) is 17.1. The molecule has 5 nitrogen and oxygen atoms in total. The number of anilines is 1. The number of hydrogen-bond acceptors (Lipinski definition) is 5. The summed E-state index contributed by atoms with van der Waals surface area (Å²) in [5.74, 6) is 1.03. The molecule has 3 rings (SSSR count). The molecule has 2 aromatic heterocycles. The number of rotatable bonds is 9. The van der Waals surface area contributed by atoms with Gasteiger partial charge in [0.05, 0.1) is 5.75 Å². The molecule has 2 heterocycles. The lowest BCUT2D eigenvalue weighted by Crippen LogP contribution is -2.15. The Balaban J connectivity index is 1.70. The van der Waals surface area contributed by atoms with Crippen LogP contribution in [0, 0.1) is 13.8 Å². The highest BCUT2D eigenvalue weighted by molar-refractivity contribution is 7.99. The van der Waals surface area contributed by atoms with Crippen LogP contribution in [0.2, 0.25) is 0 Å². The van der Waals surface area contributed by atoms with Gasteiger partial charge < -0.3 is 5.32 Å². The summed E-state index contributed by atoms with van der Waals surface area (Å²) in [5.41, 5.74) is 4.14. The third kappa shape index (κ3) is 5.58. The molecule has 0 unspecified atom stereocenters. The Bertz CT molecular complexity index is 986. The Kier molecular flexibility index (Phi) is 7.28. The molecule has 0 radical (unpaired) electrons. The van der Waals surface area contributed by atoms with Crippen LogP contribution < -0.4 is 5.32 Å². The first kappa shape index (κ1) is 21.3. The molecule has 0 aliphatic carbocycles. The van der Waals surface area contributed by atoms with E-state index >= 15 is 0 Å². The first-order valence-electron chi connectivity index (χ1n) is 9.63. The van der Waals surface area contributed by atoms with E-state index in [9.17, 15) is 4.79 Å². The van der Waals surface area contributed by atoms with E-state index in [4.69, 9.17) is 0 Å². The number of thiophene rings is 1. The number of nitrogens with one attached hydrogen (secondary N) is 1. The summed E-state index contributed by atoms with van der Waals surface area (Å²) in [4.78, 5) is 13.8. The molecule has 0 aliphatic rings. The van der Waals surface area contributed by atoms with Gasteiger partial charge in [-0.05, 0) is 49.6 Å². The Hall–Kier alpha value is -2.38. The van der Waals surface area contributed by atoms with Crippen molar-refractivity contribution in [2.45, 2.75) is 45.3 Å². The van der Waals surface area contributed by atoms with Gasteiger partial charge in [0.25, 0.3) is 0 Å². The highest BCUT2D eigenvalue weighted by Crippen LogP contribution is 2.28. The lowest BCUT2D eigenvalue weighted by atomic mass is 10.1. The quantitative estimate of drug-likeness (QED) is 0.363. The topological polar surface area (TPSA) is 59.8 Å². The largest absolute Gasteiger partial charge is 0.325 e. The maximum atomic E-state index is 12.4. The van der Waals surface area contributed by atoms with Crippen molar-refractivity contribution in [2.75, 3.05) is 11.1 Å². The normalized spacial score (nSPS) is 10.9. The number of thioether (sulfide) groups is 1. The van der Waals surface area contributed by atoms with Crippen molar-refractivity contribution >= 4 is 34.7 Å². The van der Waals surface area contributed by atoms with Crippen LogP contribution in [0.5, 0.6) is 0 Å². The van der Waals surface area contributed by atoms with Crippen LogP contribution in [0.3, 0.4) is 0 Å². The first-order chi connectivity index (χ1) is 14.0. The molecule has 0 saturated heterocycles. The number of allylic oxidation sites excluding steroid dienone is 1. The van der Waals surface area contributed by atoms with Crippen molar-refractivity contribution in [3.63, 3.8) is 0 Å². The summed E-state index contributed by atoms with van der Waals surface area (Å²) < 4.78 is 2.01. The van der Waals surface area contributed by atoms with Crippen molar-refractivity contribution in [1.82, 2.24) is 14.8 Å². The molecule has 1 amide bonds. The van der Waals surface area contributed by atoms with Crippen LogP contribution >= 0.6 is 23.1 Å². The lowest BCUT2D eigenvalue weighted by Gasteiger charge is -2.08. The van der Waals surface area contributed by atoms with Crippen LogP contribution in [0.1, 0.15) is 29.3 Å². The average Bonchev–Trinajstić information content (AvgIpc) is 3.27. The molecule has 0 aliphatic heterocycles. The Morgan fingerprint density at radius 3 is 2.69 bits per heavy atom. The smallest absolute Gasteiger partial charge is 0.234 e. The maximum Gasteiger partial charge on any atom is 0.234 e. The molecule has 152 valence electrons. The van der Waals surface area contributed by atoms with Crippen LogP contribution in [0.4, 0.5) is 5.69 Å². The fourth-order valence-corrected chi connectivity index (χ4v) is 4.87. The van der Waals surface area contributed by atoms with E-state index in [2.05, 4.69) is 46.5 Å². The fourth-order valence-electron chi connectivity index (χ4n) is 3.15. The van der Waals surface area contributed by atoms with Gasteiger partial charge >= 0.3 is 0 Å². The van der Waals surface area contributed by atoms with Crippen LogP contribution in [0.15, 0.2) is 47.5 Å². The van der Waals surface area contributed by atoms with Crippen molar-refractivity contribution in [3.05, 3.63) is 58.3 Å². The second kappa shape index (κ2) is 9.89. The second-order valence-electron chi connectivity index (χ2n) is 6.97. The number of aryl methyl sites for hydroxylation is 3. The number of amides is 1. The van der Waals surface area contributed by atoms with Crippen molar-refractivity contribution < 1.29 is 4.79 Å². The summed E-state index contributed by atoms with van der Waals surface area (Å²) in [5, 5.41) is 14.5.